The molecule has 0 unspecified atom stereocenters. The van der Waals surface area contributed by atoms with Gasteiger partial charge in [0.05, 0.1) is 10.9 Å². The van der Waals surface area contributed by atoms with Gasteiger partial charge in [-0.25, -0.2) is 4.98 Å². The summed E-state index contributed by atoms with van der Waals surface area (Å²) in [5, 5.41) is 3.56. The third-order valence-corrected chi connectivity index (χ3v) is 7.07. The number of carbonyl (C=O) groups is 1. The number of hydrogen-bond acceptors (Lipinski definition) is 4. The van der Waals surface area contributed by atoms with Gasteiger partial charge >= 0.3 is 0 Å². The van der Waals surface area contributed by atoms with Crippen molar-refractivity contribution in [2.45, 2.75) is 58.5 Å². The van der Waals surface area contributed by atoms with Crippen molar-refractivity contribution in [2.24, 2.45) is 5.92 Å². The van der Waals surface area contributed by atoms with E-state index in [4.69, 9.17) is 4.98 Å². The zero-order valence-electron chi connectivity index (χ0n) is 19.3. The van der Waals surface area contributed by atoms with E-state index >= 15 is 0 Å². The summed E-state index contributed by atoms with van der Waals surface area (Å²) in [4.78, 5) is 33.0. The van der Waals surface area contributed by atoms with Crippen LogP contribution in [-0.4, -0.2) is 33.4 Å². The molecule has 1 N–H and O–H groups in total. The molecule has 6 heteroatoms. The average molecular weight is 445 g/mol. The molecular weight excluding hydrogens is 412 g/mol. The SMILES string of the molecule is CC1CCN(Cc2ccc(NC(=O)c3ccc4c(=O)n5c(nc4c3)CCCCC5)cc2)CC1. The molecule has 3 aromatic rings. The van der Waals surface area contributed by atoms with E-state index in [-0.39, 0.29) is 11.5 Å². The topological polar surface area (TPSA) is 67.2 Å². The molecule has 0 radical (unpaired) electrons. The molecule has 1 fully saturated rings. The summed E-state index contributed by atoms with van der Waals surface area (Å²) >= 11 is 0. The lowest BCUT2D eigenvalue weighted by Crippen LogP contribution is -2.32. The maximum absolute atomic E-state index is 12.9. The summed E-state index contributed by atoms with van der Waals surface area (Å²) in [7, 11) is 0. The minimum atomic E-state index is -0.188. The molecule has 0 spiro atoms. The summed E-state index contributed by atoms with van der Waals surface area (Å²) in [6.45, 7) is 6.32. The Bertz CT molecular complexity index is 1210. The highest BCUT2D eigenvalue weighted by Crippen LogP contribution is 2.20. The molecule has 1 aromatic heterocycles. The van der Waals surface area contributed by atoms with Crippen LogP contribution in [0.3, 0.4) is 0 Å². The monoisotopic (exact) mass is 444 g/mol. The van der Waals surface area contributed by atoms with E-state index in [2.05, 4.69) is 29.3 Å². The highest BCUT2D eigenvalue weighted by atomic mass is 16.1. The second-order valence-corrected chi connectivity index (χ2v) is 9.64. The van der Waals surface area contributed by atoms with Crippen molar-refractivity contribution >= 4 is 22.5 Å². The number of aromatic nitrogens is 2. The lowest BCUT2D eigenvalue weighted by Gasteiger charge is -2.30. The van der Waals surface area contributed by atoms with Crippen LogP contribution in [0.15, 0.2) is 47.3 Å². The van der Waals surface area contributed by atoms with Crippen LogP contribution in [0.1, 0.15) is 60.8 Å². The number of fused-ring (bicyclic) bond motifs is 2. The first-order valence-corrected chi connectivity index (χ1v) is 12.2. The van der Waals surface area contributed by atoms with Gasteiger partial charge in [-0.2, -0.15) is 0 Å². The number of nitrogens with zero attached hydrogens (tertiary/aromatic N) is 3. The third-order valence-electron chi connectivity index (χ3n) is 7.07. The van der Waals surface area contributed by atoms with Crippen molar-refractivity contribution in [3.8, 4) is 0 Å². The summed E-state index contributed by atoms with van der Waals surface area (Å²) < 4.78 is 1.81. The largest absolute Gasteiger partial charge is 0.322 e. The Morgan fingerprint density at radius 2 is 1.82 bits per heavy atom. The van der Waals surface area contributed by atoms with Gasteiger partial charge in [-0.05, 0) is 80.6 Å². The average Bonchev–Trinajstić information content (AvgIpc) is 3.07. The van der Waals surface area contributed by atoms with Gasteiger partial charge in [0.1, 0.15) is 5.82 Å². The highest BCUT2D eigenvalue weighted by molar-refractivity contribution is 6.06. The first kappa shape index (κ1) is 21.8. The van der Waals surface area contributed by atoms with Gasteiger partial charge in [-0.3, -0.25) is 19.1 Å². The van der Waals surface area contributed by atoms with Crippen LogP contribution < -0.4 is 10.9 Å². The van der Waals surface area contributed by atoms with Crippen molar-refractivity contribution in [2.75, 3.05) is 18.4 Å². The molecule has 1 amide bonds. The molecule has 0 bridgehead atoms. The molecular formula is C27H32N4O2. The maximum Gasteiger partial charge on any atom is 0.261 e. The van der Waals surface area contributed by atoms with E-state index in [0.717, 1.165) is 69.3 Å². The fraction of sp³-hybridized carbons (Fsp3) is 0.444. The van der Waals surface area contributed by atoms with E-state index in [0.29, 0.717) is 16.5 Å². The van der Waals surface area contributed by atoms with Gasteiger partial charge < -0.3 is 5.32 Å². The second kappa shape index (κ2) is 9.48. The van der Waals surface area contributed by atoms with Crippen molar-refractivity contribution in [3.05, 3.63) is 69.8 Å². The van der Waals surface area contributed by atoms with Crippen LogP contribution >= 0.6 is 0 Å². The van der Waals surface area contributed by atoms with Crippen molar-refractivity contribution in [1.29, 1.82) is 0 Å². The molecule has 3 heterocycles. The molecule has 0 atom stereocenters. The second-order valence-electron chi connectivity index (χ2n) is 9.64. The van der Waals surface area contributed by atoms with Crippen LogP contribution in [0.5, 0.6) is 0 Å². The molecule has 2 aromatic carbocycles. The predicted octanol–water partition coefficient (Wildman–Crippen LogP) is 4.61. The first-order chi connectivity index (χ1) is 16.1. The van der Waals surface area contributed by atoms with Crippen molar-refractivity contribution in [1.82, 2.24) is 14.5 Å². The number of amides is 1. The first-order valence-electron chi connectivity index (χ1n) is 12.2. The van der Waals surface area contributed by atoms with Gasteiger partial charge in [0.15, 0.2) is 0 Å². The van der Waals surface area contributed by atoms with E-state index in [1.807, 2.05) is 12.1 Å². The van der Waals surface area contributed by atoms with Gasteiger partial charge in [-0.15, -0.1) is 0 Å². The molecule has 2 aliphatic heterocycles. The Morgan fingerprint density at radius 3 is 2.61 bits per heavy atom. The molecule has 0 aliphatic carbocycles. The Morgan fingerprint density at radius 1 is 1.03 bits per heavy atom. The minimum absolute atomic E-state index is 0.00242. The Hall–Kier alpha value is -2.99. The molecule has 2 aliphatic rings. The van der Waals surface area contributed by atoms with Crippen LogP contribution in [0.2, 0.25) is 0 Å². The summed E-state index contributed by atoms with van der Waals surface area (Å²) in [6, 6.07) is 13.3. The number of carbonyl (C=O) groups excluding carboxylic acids is 1. The smallest absolute Gasteiger partial charge is 0.261 e. The number of benzene rings is 2. The minimum Gasteiger partial charge on any atom is -0.322 e. The van der Waals surface area contributed by atoms with Gasteiger partial charge in [-0.1, -0.05) is 25.5 Å². The standard InChI is InChI=1S/C27H32N4O2/c1-19-12-15-30(16-13-19)18-20-6-9-22(10-7-20)28-26(32)21-8-11-23-24(17-21)29-25-5-3-2-4-14-31(25)27(23)33/h6-11,17,19H,2-5,12-16,18H2,1H3,(H,28,32). The summed E-state index contributed by atoms with van der Waals surface area (Å²) in [6.07, 6.45) is 6.52. The van der Waals surface area contributed by atoms with Crippen molar-refractivity contribution < 1.29 is 4.79 Å². The summed E-state index contributed by atoms with van der Waals surface area (Å²) in [5.74, 6) is 1.48. The Balaban J connectivity index is 1.29. The van der Waals surface area contributed by atoms with E-state index in [1.165, 1.54) is 18.4 Å². The van der Waals surface area contributed by atoms with E-state index in [1.54, 1.807) is 22.8 Å². The quantitative estimate of drug-likeness (QED) is 0.638. The van der Waals surface area contributed by atoms with Gasteiger partial charge in [0, 0.05) is 30.8 Å². The Kier molecular flexibility index (Phi) is 6.27. The number of likely N-dealkylation sites (tertiary alicyclic amines) is 1. The normalized spacial score (nSPS) is 17.5. The predicted molar refractivity (Wildman–Crippen MR) is 132 cm³/mol. The van der Waals surface area contributed by atoms with Gasteiger partial charge in [0.25, 0.3) is 11.5 Å². The number of aryl methyl sites for hydroxylation is 1. The molecule has 1 saturated heterocycles. The number of nitrogens with one attached hydrogen (secondary N) is 1. The molecule has 33 heavy (non-hydrogen) atoms. The number of piperidine rings is 1. The van der Waals surface area contributed by atoms with Crippen molar-refractivity contribution in [3.63, 3.8) is 0 Å². The van der Waals surface area contributed by atoms with E-state index in [9.17, 15) is 9.59 Å². The zero-order chi connectivity index (χ0) is 22.8. The van der Waals surface area contributed by atoms with Gasteiger partial charge in [0.2, 0.25) is 0 Å². The lowest BCUT2D eigenvalue weighted by atomic mass is 9.99. The zero-order valence-corrected chi connectivity index (χ0v) is 19.3. The Labute approximate surface area is 194 Å². The highest BCUT2D eigenvalue weighted by Gasteiger charge is 2.17. The number of hydrogen-bond donors (Lipinski definition) is 1. The fourth-order valence-corrected chi connectivity index (χ4v) is 4.93. The lowest BCUT2D eigenvalue weighted by molar-refractivity contribution is 0.102. The molecule has 5 rings (SSSR count). The van der Waals surface area contributed by atoms with Crippen LogP contribution in [0.4, 0.5) is 5.69 Å². The summed E-state index contributed by atoms with van der Waals surface area (Å²) in [5.41, 5.74) is 3.15. The molecule has 0 saturated carbocycles. The number of anilines is 1. The van der Waals surface area contributed by atoms with E-state index < -0.39 is 0 Å². The fourth-order valence-electron chi connectivity index (χ4n) is 4.93. The molecule has 172 valence electrons. The molecule has 6 nitrogen and oxygen atoms in total. The van der Waals surface area contributed by atoms with Crippen LogP contribution in [0.25, 0.3) is 10.9 Å². The third kappa shape index (κ3) is 4.86. The van der Waals surface area contributed by atoms with Crippen LogP contribution in [-0.2, 0) is 19.5 Å². The number of rotatable bonds is 4. The van der Waals surface area contributed by atoms with Crippen LogP contribution in [0, 0.1) is 5.92 Å². The maximum atomic E-state index is 12.9.